The fourth-order valence-corrected chi connectivity index (χ4v) is 5.86. The molecule has 4 rings (SSSR count). The lowest BCUT2D eigenvalue weighted by Gasteiger charge is -2.50. The number of nitrogens with zero attached hydrogens (tertiary/aromatic N) is 4. The summed E-state index contributed by atoms with van der Waals surface area (Å²) in [4.78, 5) is 45.5. The number of aliphatic hydroxyl groups excluding tert-OH is 2. The third-order valence-electron chi connectivity index (χ3n) is 7.37. The van der Waals surface area contributed by atoms with Gasteiger partial charge >= 0.3 is 5.69 Å². The number of aromatic hydroxyl groups is 1. The highest BCUT2D eigenvalue weighted by Crippen LogP contribution is 2.54. The van der Waals surface area contributed by atoms with Crippen LogP contribution in [0.25, 0.3) is 10.7 Å². The first kappa shape index (κ1) is 24.4. The number of carbonyl (C=O) groups is 3. The number of carbonyl (C=O) groups excluding carboxylic acids is 3. The van der Waals surface area contributed by atoms with Crippen molar-refractivity contribution in [2.24, 2.45) is 11.8 Å². The molecule has 4 atom stereocenters. The Balaban J connectivity index is 2.03. The smallest absolute Gasteiger partial charge is 0.428 e. The Kier molecular flexibility index (Phi) is 5.50. The van der Waals surface area contributed by atoms with Gasteiger partial charge in [0.15, 0.2) is 22.1 Å². The van der Waals surface area contributed by atoms with Crippen LogP contribution in [0.3, 0.4) is 0 Å². The molecule has 0 spiro atoms. The van der Waals surface area contributed by atoms with Crippen LogP contribution in [0.4, 0.5) is 11.4 Å². The van der Waals surface area contributed by atoms with Gasteiger partial charge in [-0.3, -0.25) is 19.3 Å². The zero-order valence-corrected chi connectivity index (χ0v) is 20.0. The molecule has 3 aliphatic rings. The van der Waals surface area contributed by atoms with Crippen molar-refractivity contribution >= 4 is 34.5 Å². The molecule has 11 nitrogen and oxygen atoms in total. The van der Waals surface area contributed by atoms with E-state index < -0.39 is 63.7 Å². The van der Waals surface area contributed by atoms with E-state index in [2.05, 4.69) is 4.98 Å². The maximum atomic E-state index is 13.8. The van der Waals surface area contributed by atoms with E-state index in [9.17, 15) is 40.2 Å². The topological polar surface area (TPSA) is 167 Å². The lowest BCUT2D eigenvalue weighted by molar-refractivity contribution is -0.153. The van der Waals surface area contributed by atoms with Crippen LogP contribution in [0.2, 0.25) is 0 Å². The van der Waals surface area contributed by atoms with Gasteiger partial charge in [0.05, 0.1) is 17.7 Å². The number of rotatable bonds is 3. The minimum atomic E-state index is -2.62. The van der Waals surface area contributed by atoms with Crippen molar-refractivity contribution in [2.45, 2.75) is 31.4 Å². The Morgan fingerprint density at radius 2 is 1.80 bits per heavy atom. The van der Waals surface area contributed by atoms with E-state index in [0.717, 1.165) is 6.92 Å². The first-order valence-electron chi connectivity index (χ1n) is 11.1. The molecule has 0 saturated heterocycles. The maximum absolute atomic E-state index is 13.8. The third-order valence-corrected chi connectivity index (χ3v) is 7.37. The van der Waals surface area contributed by atoms with Crippen LogP contribution >= 0.6 is 0 Å². The summed E-state index contributed by atoms with van der Waals surface area (Å²) in [6.45, 7) is 1.06. The van der Waals surface area contributed by atoms with Gasteiger partial charge in [-0.15, -0.1) is 0 Å². The number of likely N-dealkylation sites (N-methyl/N-ethyl adjacent to an activating group) is 1. The predicted molar refractivity (Wildman–Crippen MR) is 125 cm³/mol. The van der Waals surface area contributed by atoms with Crippen molar-refractivity contribution in [3.63, 3.8) is 0 Å². The van der Waals surface area contributed by atoms with Crippen molar-refractivity contribution < 1.29 is 34.8 Å². The second kappa shape index (κ2) is 7.90. The summed E-state index contributed by atoms with van der Waals surface area (Å²) in [5.41, 5.74) is -2.81. The Hall–Kier alpha value is -3.75. The minimum Gasteiger partial charge on any atom is -0.508 e. The Morgan fingerprint density at radius 1 is 1.17 bits per heavy atom. The number of hydrogen-bond acceptors (Lipinski definition) is 10. The number of hydrogen-bond donors (Lipinski definition) is 4. The Morgan fingerprint density at radius 3 is 2.31 bits per heavy atom. The summed E-state index contributed by atoms with van der Waals surface area (Å²) in [6, 6.07) is 0.370. The lowest BCUT2D eigenvalue weighted by atomic mass is 9.57. The van der Waals surface area contributed by atoms with E-state index in [-0.39, 0.29) is 29.7 Å². The number of anilines is 1. The second-order valence-electron chi connectivity index (χ2n) is 9.76. The number of ketones is 3. The van der Waals surface area contributed by atoms with Gasteiger partial charge in [0, 0.05) is 31.3 Å². The zero-order chi connectivity index (χ0) is 26.1. The van der Waals surface area contributed by atoms with Crippen LogP contribution < -0.4 is 4.90 Å². The molecule has 1 fully saturated rings. The zero-order valence-electron chi connectivity index (χ0n) is 20.0. The molecule has 0 bridgehead atoms. The van der Waals surface area contributed by atoms with Gasteiger partial charge in [-0.1, -0.05) is 0 Å². The van der Waals surface area contributed by atoms with Crippen LogP contribution in [0.1, 0.15) is 24.5 Å². The van der Waals surface area contributed by atoms with Gasteiger partial charge in [-0.05, 0) is 45.3 Å². The molecule has 4 N–H and O–H groups in total. The van der Waals surface area contributed by atoms with Crippen LogP contribution in [0.15, 0.2) is 23.0 Å². The van der Waals surface area contributed by atoms with Crippen LogP contribution in [0.5, 0.6) is 5.75 Å². The fourth-order valence-electron chi connectivity index (χ4n) is 5.86. The molecule has 184 valence electrons. The van der Waals surface area contributed by atoms with Crippen LogP contribution in [0, 0.1) is 17.2 Å². The second-order valence-corrected chi connectivity index (χ2v) is 9.76. The summed E-state index contributed by atoms with van der Waals surface area (Å²) in [7, 11) is 6.61. The molecule has 0 radical (unpaired) electrons. The molecule has 4 unspecified atom stereocenters. The number of fused-ring (bicyclic) bond motifs is 3. The number of aliphatic hydroxyl groups is 3. The number of phenols is 1. The molecule has 3 aliphatic carbocycles. The number of benzene rings is 1. The molecule has 1 aromatic rings. The lowest BCUT2D eigenvalue weighted by Crippen LogP contribution is -2.65. The molecule has 11 heteroatoms. The van der Waals surface area contributed by atoms with E-state index in [1.54, 1.807) is 33.1 Å². The van der Waals surface area contributed by atoms with E-state index in [0.29, 0.717) is 11.3 Å². The fraction of sp³-hybridized carbons (Fsp3) is 0.458. The highest BCUT2D eigenvalue weighted by atomic mass is 16.3. The van der Waals surface area contributed by atoms with Crippen LogP contribution in [-0.2, 0) is 20.8 Å². The maximum Gasteiger partial charge on any atom is 0.428 e. The largest absolute Gasteiger partial charge is 0.508 e. The highest BCUT2D eigenvalue weighted by Gasteiger charge is 2.64. The van der Waals surface area contributed by atoms with E-state index in [4.69, 9.17) is 0 Å². The average Bonchev–Trinajstić information content (AvgIpc) is 2.75. The molecule has 1 saturated carbocycles. The van der Waals surface area contributed by atoms with Crippen LogP contribution in [-0.4, -0.2) is 82.5 Å². The van der Waals surface area contributed by atoms with E-state index in [1.807, 2.05) is 0 Å². The van der Waals surface area contributed by atoms with Gasteiger partial charge < -0.3 is 25.3 Å². The van der Waals surface area contributed by atoms with Gasteiger partial charge in [0.2, 0.25) is 16.9 Å². The normalized spacial score (nSPS) is 27.9. The first-order valence-corrected chi connectivity index (χ1v) is 11.1. The average molecular weight is 484 g/mol. The molecule has 1 aromatic carbocycles. The highest BCUT2D eigenvalue weighted by molar-refractivity contribution is 6.25. The van der Waals surface area contributed by atoms with Gasteiger partial charge in [0.25, 0.3) is 0 Å². The predicted octanol–water partition coefficient (Wildman–Crippen LogP) is 1.62. The number of diazo groups is 1. The van der Waals surface area contributed by atoms with Crippen molar-refractivity contribution in [3.8, 4) is 5.75 Å². The van der Waals surface area contributed by atoms with Gasteiger partial charge in [-0.25, -0.2) is 0 Å². The monoisotopic (exact) mass is 483 g/mol. The molecule has 0 heterocycles. The van der Waals surface area contributed by atoms with E-state index >= 15 is 0 Å². The summed E-state index contributed by atoms with van der Waals surface area (Å²) in [5, 5.41) is 53.8. The summed E-state index contributed by atoms with van der Waals surface area (Å²) in [5.74, 6) is -6.46. The summed E-state index contributed by atoms with van der Waals surface area (Å²) < 4.78 is 0. The SMILES string of the molecule is CC(=O)C1=C(O)C2(O)C(=O)C3=C(O)c4c(O)c([N+]#N)cc(N(C)C)c4CC3CC2C(N(C)C)C1=O. The molecule has 0 aliphatic heterocycles. The summed E-state index contributed by atoms with van der Waals surface area (Å²) >= 11 is 0. The first-order chi connectivity index (χ1) is 16.3. The number of Topliss-reactive ketones (excluding diaryl/α,β-unsaturated/α-hetero) is 3. The van der Waals surface area contributed by atoms with Crippen molar-refractivity contribution in [1.82, 2.24) is 4.90 Å². The van der Waals surface area contributed by atoms with Crippen molar-refractivity contribution in [3.05, 3.63) is 39.1 Å². The molecule has 35 heavy (non-hydrogen) atoms. The number of phenolic OH excluding ortho intramolecular Hbond substituents is 1. The van der Waals surface area contributed by atoms with Gasteiger partial charge in [0.1, 0.15) is 17.1 Å². The molecule has 0 amide bonds. The van der Waals surface area contributed by atoms with Crippen molar-refractivity contribution in [2.75, 3.05) is 33.1 Å². The summed E-state index contributed by atoms with van der Waals surface area (Å²) in [6.07, 6.45) is 0.197. The molecule has 0 aromatic heterocycles. The Labute approximate surface area is 201 Å². The Bertz CT molecular complexity index is 1300. The quantitative estimate of drug-likeness (QED) is 0.366. The third kappa shape index (κ3) is 3.10. The van der Waals surface area contributed by atoms with Gasteiger partial charge in [-0.2, -0.15) is 0 Å². The molecular weight excluding hydrogens is 456 g/mol. The van der Waals surface area contributed by atoms with Crippen molar-refractivity contribution in [1.29, 1.82) is 5.39 Å². The minimum absolute atomic E-state index is 0.0324. The molecular formula is C24H27N4O7+. The van der Waals surface area contributed by atoms with E-state index in [1.165, 1.54) is 11.0 Å². The standard InChI is InChI=1S/C24H26N4O7/c1-9(29)15-21(32)18(28(4)5)12-7-10-6-11-14(27(2)3)8-13(26-25)19(30)17(11)20(31)16(10)23(34)24(12,35)22(15)33/h8,10,12,18,35H,6-7H2,1-5H3,(H2-,29,30,31,32,33,34)/p+1.